The first-order chi connectivity index (χ1) is 15.8. The quantitative estimate of drug-likeness (QED) is 0.499. The highest BCUT2D eigenvalue weighted by Crippen LogP contribution is 2.31. The maximum absolute atomic E-state index is 13.4. The van der Waals surface area contributed by atoms with Crippen molar-refractivity contribution in [1.29, 1.82) is 0 Å². The van der Waals surface area contributed by atoms with Gasteiger partial charge in [-0.2, -0.15) is 4.31 Å². The molecule has 0 saturated carbocycles. The van der Waals surface area contributed by atoms with Gasteiger partial charge in [0.1, 0.15) is 0 Å². The molecule has 0 N–H and O–H groups in total. The molecule has 0 spiro atoms. The van der Waals surface area contributed by atoms with Crippen LogP contribution in [0, 0.1) is 11.6 Å². The Morgan fingerprint density at radius 2 is 1.70 bits per heavy atom. The molecule has 4 rings (SSSR count). The summed E-state index contributed by atoms with van der Waals surface area (Å²) in [6.45, 7) is 1.61. The van der Waals surface area contributed by atoms with Crippen LogP contribution in [-0.2, 0) is 16.4 Å². The van der Waals surface area contributed by atoms with E-state index in [0.29, 0.717) is 49.7 Å². The summed E-state index contributed by atoms with van der Waals surface area (Å²) in [6.07, 6.45) is 0.390. The zero-order valence-electron chi connectivity index (χ0n) is 18.1. The minimum Gasteiger partial charge on any atom is -0.493 e. The molecular formula is C22H23F2N3O4S2. The van der Waals surface area contributed by atoms with Crippen molar-refractivity contribution in [2.45, 2.75) is 11.3 Å². The van der Waals surface area contributed by atoms with E-state index in [2.05, 4.69) is 4.98 Å². The molecule has 7 nitrogen and oxygen atoms in total. The molecule has 2 heterocycles. The van der Waals surface area contributed by atoms with E-state index in [1.807, 2.05) is 10.3 Å². The zero-order valence-corrected chi connectivity index (χ0v) is 19.8. The lowest BCUT2D eigenvalue weighted by atomic mass is 10.1. The van der Waals surface area contributed by atoms with Crippen molar-refractivity contribution in [1.82, 2.24) is 9.29 Å². The lowest BCUT2D eigenvalue weighted by Gasteiger charge is -2.33. The highest BCUT2D eigenvalue weighted by atomic mass is 32.2. The van der Waals surface area contributed by atoms with Gasteiger partial charge in [-0.15, -0.1) is 11.3 Å². The molecule has 0 atom stereocenters. The second-order valence-electron chi connectivity index (χ2n) is 7.45. The first-order valence-corrected chi connectivity index (χ1v) is 12.5. The number of halogens is 2. The molecule has 0 amide bonds. The van der Waals surface area contributed by atoms with Gasteiger partial charge in [-0.3, -0.25) is 0 Å². The van der Waals surface area contributed by atoms with Crippen LogP contribution in [0.2, 0.25) is 0 Å². The average molecular weight is 496 g/mol. The van der Waals surface area contributed by atoms with Crippen LogP contribution >= 0.6 is 11.3 Å². The van der Waals surface area contributed by atoms with E-state index in [0.717, 1.165) is 16.9 Å². The smallest absolute Gasteiger partial charge is 0.243 e. The third-order valence-corrected chi connectivity index (χ3v) is 8.26. The summed E-state index contributed by atoms with van der Waals surface area (Å²) in [4.78, 5) is 6.78. The van der Waals surface area contributed by atoms with Crippen molar-refractivity contribution < 1.29 is 26.7 Å². The maximum atomic E-state index is 13.4. The number of methoxy groups -OCH3 is 2. The molecule has 1 aliphatic rings. The summed E-state index contributed by atoms with van der Waals surface area (Å²) >= 11 is 1.45. The molecule has 176 valence electrons. The fraction of sp³-hybridized carbons (Fsp3) is 0.318. The average Bonchev–Trinajstić information content (AvgIpc) is 3.29. The zero-order chi connectivity index (χ0) is 23.6. The van der Waals surface area contributed by atoms with Crippen molar-refractivity contribution in [3.63, 3.8) is 0 Å². The molecular weight excluding hydrogens is 472 g/mol. The number of nitrogens with zero attached hydrogens (tertiary/aromatic N) is 3. The summed E-state index contributed by atoms with van der Waals surface area (Å²) in [7, 11) is -0.727. The molecule has 0 unspecified atom stereocenters. The molecule has 33 heavy (non-hydrogen) atoms. The van der Waals surface area contributed by atoms with Crippen molar-refractivity contribution >= 4 is 26.5 Å². The largest absolute Gasteiger partial charge is 0.493 e. The Labute approximate surface area is 195 Å². The van der Waals surface area contributed by atoms with Crippen LogP contribution in [0.15, 0.2) is 46.7 Å². The first kappa shape index (κ1) is 23.4. The monoisotopic (exact) mass is 495 g/mol. The molecule has 0 bridgehead atoms. The van der Waals surface area contributed by atoms with E-state index in [1.54, 1.807) is 6.07 Å². The predicted molar refractivity (Wildman–Crippen MR) is 122 cm³/mol. The molecule has 1 aliphatic heterocycles. The van der Waals surface area contributed by atoms with E-state index >= 15 is 0 Å². The molecule has 0 aliphatic carbocycles. The van der Waals surface area contributed by atoms with Crippen molar-refractivity contribution in [2.75, 3.05) is 45.3 Å². The summed E-state index contributed by atoms with van der Waals surface area (Å²) in [5, 5.41) is 2.65. The van der Waals surface area contributed by atoms with Crippen LogP contribution in [0.4, 0.5) is 13.9 Å². The van der Waals surface area contributed by atoms with E-state index < -0.39 is 21.7 Å². The maximum Gasteiger partial charge on any atom is 0.243 e. The molecule has 2 aromatic carbocycles. The number of thiazole rings is 1. The number of ether oxygens (including phenoxy) is 2. The number of rotatable bonds is 7. The van der Waals surface area contributed by atoms with Gasteiger partial charge in [0.25, 0.3) is 0 Å². The van der Waals surface area contributed by atoms with Crippen LogP contribution in [0.1, 0.15) is 11.3 Å². The molecule has 11 heteroatoms. The van der Waals surface area contributed by atoms with Crippen LogP contribution < -0.4 is 14.4 Å². The van der Waals surface area contributed by atoms with Crippen LogP contribution in [0.5, 0.6) is 11.5 Å². The third-order valence-electron chi connectivity index (χ3n) is 5.41. The van der Waals surface area contributed by atoms with Gasteiger partial charge in [-0.25, -0.2) is 22.2 Å². The summed E-state index contributed by atoms with van der Waals surface area (Å²) < 4.78 is 64.6. The number of hydrogen-bond acceptors (Lipinski definition) is 7. The Morgan fingerprint density at radius 3 is 2.36 bits per heavy atom. The molecule has 1 fully saturated rings. The van der Waals surface area contributed by atoms with E-state index in [9.17, 15) is 17.2 Å². The standard InChI is InChI=1S/C22H23F2N3O4S2/c1-30-20-6-4-17(13-21(20)31-2)33(28,29)27-9-7-26(8-10-27)22-25-16(14-32-22)11-15-3-5-18(23)19(24)12-15/h3-6,12-14H,7-11H2,1-2H3. The lowest BCUT2D eigenvalue weighted by molar-refractivity contribution is 0.353. The van der Waals surface area contributed by atoms with Gasteiger partial charge < -0.3 is 14.4 Å². The van der Waals surface area contributed by atoms with E-state index in [4.69, 9.17) is 9.47 Å². The summed E-state index contributed by atoms with van der Waals surface area (Å²) in [6, 6.07) is 8.36. The topological polar surface area (TPSA) is 72.0 Å². The van der Waals surface area contributed by atoms with Gasteiger partial charge in [0.15, 0.2) is 28.3 Å². The molecule has 3 aromatic rings. The number of anilines is 1. The van der Waals surface area contributed by atoms with Crippen molar-refractivity contribution in [3.8, 4) is 11.5 Å². The molecule has 0 radical (unpaired) electrons. The Balaban J connectivity index is 1.41. The second-order valence-corrected chi connectivity index (χ2v) is 10.2. The third kappa shape index (κ3) is 4.94. The first-order valence-electron chi connectivity index (χ1n) is 10.2. The number of sulfonamides is 1. The number of benzene rings is 2. The van der Waals surface area contributed by atoms with Crippen molar-refractivity contribution in [2.24, 2.45) is 0 Å². The van der Waals surface area contributed by atoms with Crippen LogP contribution in [0.3, 0.4) is 0 Å². The number of hydrogen-bond donors (Lipinski definition) is 0. The highest BCUT2D eigenvalue weighted by Gasteiger charge is 2.30. The second kappa shape index (κ2) is 9.62. The Morgan fingerprint density at radius 1 is 0.970 bits per heavy atom. The van der Waals surface area contributed by atoms with E-state index in [-0.39, 0.29) is 4.90 Å². The fourth-order valence-corrected chi connectivity index (χ4v) is 5.94. The number of aromatic nitrogens is 1. The normalized spacial score (nSPS) is 15.0. The Hall–Kier alpha value is -2.76. The lowest BCUT2D eigenvalue weighted by Crippen LogP contribution is -2.48. The van der Waals surface area contributed by atoms with Gasteiger partial charge in [-0.1, -0.05) is 6.07 Å². The Kier molecular flexibility index (Phi) is 6.82. The highest BCUT2D eigenvalue weighted by molar-refractivity contribution is 7.89. The van der Waals surface area contributed by atoms with Gasteiger partial charge >= 0.3 is 0 Å². The summed E-state index contributed by atoms with van der Waals surface area (Å²) in [5.74, 6) is -0.939. The minimum absolute atomic E-state index is 0.150. The van der Waals surface area contributed by atoms with E-state index in [1.165, 1.54) is 54.1 Å². The minimum atomic E-state index is -3.68. The predicted octanol–water partition coefficient (Wildman–Crippen LogP) is 3.54. The summed E-state index contributed by atoms with van der Waals surface area (Å²) in [5.41, 5.74) is 1.39. The van der Waals surface area contributed by atoms with Crippen molar-refractivity contribution in [3.05, 3.63) is 64.7 Å². The molecule has 1 aromatic heterocycles. The van der Waals surface area contributed by atoms with Gasteiger partial charge in [-0.05, 0) is 29.8 Å². The fourth-order valence-electron chi connectivity index (χ4n) is 3.63. The molecule has 1 saturated heterocycles. The SMILES string of the molecule is COc1ccc(S(=O)(=O)N2CCN(c3nc(Cc4ccc(F)c(F)c4)cs3)CC2)cc1OC. The van der Waals surface area contributed by atoms with Gasteiger partial charge in [0.2, 0.25) is 10.0 Å². The Bertz CT molecular complexity index is 1240. The van der Waals surface area contributed by atoms with Crippen LogP contribution in [0.25, 0.3) is 0 Å². The number of piperazine rings is 1. The van der Waals surface area contributed by atoms with Gasteiger partial charge in [0, 0.05) is 44.0 Å². The van der Waals surface area contributed by atoms with Crippen LogP contribution in [-0.4, -0.2) is 58.1 Å². The van der Waals surface area contributed by atoms with Gasteiger partial charge in [0.05, 0.1) is 24.8 Å².